The van der Waals surface area contributed by atoms with E-state index in [1.54, 1.807) is 6.92 Å². The highest BCUT2D eigenvalue weighted by atomic mass is 32.2. The Kier molecular flexibility index (Phi) is 6.44. The summed E-state index contributed by atoms with van der Waals surface area (Å²) in [5.41, 5.74) is -0.728. The van der Waals surface area contributed by atoms with E-state index in [1.165, 1.54) is 29.2 Å². The summed E-state index contributed by atoms with van der Waals surface area (Å²) in [6, 6.07) is 6.55. The fourth-order valence-electron chi connectivity index (χ4n) is 3.39. The zero-order valence-corrected chi connectivity index (χ0v) is 17.3. The van der Waals surface area contributed by atoms with Crippen molar-refractivity contribution in [1.82, 2.24) is 4.90 Å². The Morgan fingerprint density at radius 1 is 1.23 bits per heavy atom. The van der Waals surface area contributed by atoms with Crippen LogP contribution >= 0.6 is 0 Å². The molecule has 0 radical (unpaired) electrons. The summed E-state index contributed by atoms with van der Waals surface area (Å²) in [5, 5.41) is 0. The number of carbonyl (C=O) groups is 2. The van der Waals surface area contributed by atoms with Gasteiger partial charge in [-0.15, -0.1) is 0 Å². The maximum atomic E-state index is 12.9. The van der Waals surface area contributed by atoms with E-state index in [-0.39, 0.29) is 35.1 Å². The van der Waals surface area contributed by atoms with Crippen molar-refractivity contribution in [3.8, 4) is 11.3 Å². The van der Waals surface area contributed by atoms with Crippen molar-refractivity contribution in [3.63, 3.8) is 0 Å². The minimum Gasteiger partial charge on any atom is -0.450 e. The van der Waals surface area contributed by atoms with Crippen LogP contribution in [0, 0.1) is 0 Å². The molecule has 1 fully saturated rings. The number of hydrogen-bond acceptors (Lipinski definition) is 6. The van der Waals surface area contributed by atoms with Crippen LogP contribution in [-0.4, -0.2) is 55.9 Å². The summed E-state index contributed by atoms with van der Waals surface area (Å²) in [6.07, 6.45) is -4.19. The van der Waals surface area contributed by atoms with Gasteiger partial charge in [-0.3, -0.25) is 4.79 Å². The maximum Gasteiger partial charge on any atom is 0.416 e. The Morgan fingerprint density at radius 3 is 2.58 bits per heavy atom. The number of carbonyl (C=O) groups excluding carboxylic acids is 2. The van der Waals surface area contributed by atoms with Gasteiger partial charge in [0.2, 0.25) is 5.76 Å². The predicted octanol–water partition coefficient (Wildman–Crippen LogP) is 3.16. The van der Waals surface area contributed by atoms with Crippen LogP contribution in [0.1, 0.15) is 29.5 Å². The predicted molar refractivity (Wildman–Crippen MR) is 104 cm³/mol. The second-order valence-electron chi connectivity index (χ2n) is 7.06. The van der Waals surface area contributed by atoms with Gasteiger partial charge in [0.25, 0.3) is 5.91 Å². The van der Waals surface area contributed by atoms with Gasteiger partial charge < -0.3 is 14.1 Å². The van der Waals surface area contributed by atoms with E-state index in [9.17, 15) is 31.2 Å². The first kappa shape index (κ1) is 22.9. The fraction of sp³-hybridized carbons (Fsp3) is 0.400. The van der Waals surface area contributed by atoms with E-state index in [0.717, 1.165) is 12.1 Å². The largest absolute Gasteiger partial charge is 0.450 e. The van der Waals surface area contributed by atoms with Gasteiger partial charge in [-0.05, 0) is 37.6 Å². The number of amides is 1. The molecule has 3 rings (SSSR count). The van der Waals surface area contributed by atoms with Gasteiger partial charge in [0.05, 0.1) is 17.1 Å². The van der Waals surface area contributed by atoms with Gasteiger partial charge in [-0.25, -0.2) is 13.2 Å². The molecule has 1 aromatic carbocycles. The lowest BCUT2D eigenvalue weighted by atomic mass is 10.1. The summed E-state index contributed by atoms with van der Waals surface area (Å²) in [6.45, 7) is 1.35. The van der Waals surface area contributed by atoms with Crippen molar-refractivity contribution < 1.29 is 40.3 Å². The molecule has 0 spiro atoms. The number of halogens is 3. The minimum absolute atomic E-state index is 0.00590. The molecular formula is C20H20F3NO6S. The molecular weight excluding hydrogens is 439 g/mol. The lowest BCUT2D eigenvalue weighted by molar-refractivity contribution is -0.137. The molecule has 1 atom stereocenters. The van der Waals surface area contributed by atoms with Crippen LogP contribution in [0.3, 0.4) is 0 Å². The molecule has 7 nitrogen and oxygen atoms in total. The fourth-order valence-corrected chi connectivity index (χ4v) is 5.12. The van der Waals surface area contributed by atoms with E-state index >= 15 is 0 Å². The number of esters is 1. The molecule has 2 heterocycles. The second-order valence-corrected chi connectivity index (χ2v) is 9.28. The zero-order valence-electron chi connectivity index (χ0n) is 16.5. The summed E-state index contributed by atoms with van der Waals surface area (Å²) in [5.74, 6) is -1.85. The van der Waals surface area contributed by atoms with Crippen molar-refractivity contribution in [2.75, 3.05) is 24.7 Å². The van der Waals surface area contributed by atoms with Gasteiger partial charge >= 0.3 is 12.1 Å². The number of hydrogen-bond donors (Lipinski definition) is 0. The third kappa shape index (κ3) is 5.46. The van der Waals surface area contributed by atoms with Crippen molar-refractivity contribution in [3.05, 3.63) is 47.7 Å². The van der Waals surface area contributed by atoms with Gasteiger partial charge in [-0.1, -0.05) is 12.1 Å². The van der Waals surface area contributed by atoms with Crippen molar-refractivity contribution >= 4 is 21.7 Å². The number of likely N-dealkylation sites (N-methyl/N-ethyl adjacent to an activating group) is 1. The normalized spacial score (nSPS) is 18.0. The van der Waals surface area contributed by atoms with E-state index in [1.807, 2.05) is 0 Å². The van der Waals surface area contributed by atoms with E-state index < -0.39 is 46.1 Å². The van der Waals surface area contributed by atoms with Crippen molar-refractivity contribution in [1.29, 1.82) is 0 Å². The molecule has 1 aromatic heterocycles. The van der Waals surface area contributed by atoms with Crippen molar-refractivity contribution in [2.45, 2.75) is 25.6 Å². The summed E-state index contributed by atoms with van der Waals surface area (Å²) in [7, 11) is -3.18. The van der Waals surface area contributed by atoms with Crippen LogP contribution in [0.2, 0.25) is 0 Å². The number of ether oxygens (including phenoxy) is 1. The van der Waals surface area contributed by atoms with Crippen LogP contribution < -0.4 is 0 Å². The number of rotatable bonds is 6. The topological polar surface area (TPSA) is 93.9 Å². The van der Waals surface area contributed by atoms with E-state index in [0.29, 0.717) is 6.42 Å². The van der Waals surface area contributed by atoms with Gasteiger partial charge in [0, 0.05) is 18.2 Å². The van der Waals surface area contributed by atoms with Crippen molar-refractivity contribution in [2.24, 2.45) is 0 Å². The summed E-state index contributed by atoms with van der Waals surface area (Å²) in [4.78, 5) is 25.9. The lowest BCUT2D eigenvalue weighted by Gasteiger charge is -2.26. The summed E-state index contributed by atoms with van der Waals surface area (Å²) < 4.78 is 72.1. The van der Waals surface area contributed by atoms with Crippen LogP contribution in [-0.2, 0) is 25.5 Å². The van der Waals surface area contributed by atoms with Crippen LogP contribution in [0.25, 0.3) is 11.3 Å². The molecule has 2 aromatic rings. The summed E-state index contributed by atoms with van der Waals surface area (Å²) >= 11 is 0. The van der Waals surface area contributed by atoms with E-state index in [2.05, 4.69) is 0 Å². The quantitative estimate of drug-likeness (QED) is 0.616. The second kappa shape index (κ2) is 8.74. The van der Waals surface area contributed by atoms with Gasteiger partial charge in [0.1, 0.15) is 5.76 Å². The number of alkyl halides is 3. The first-order valence-electron chi connectivity index (χ1n) is 9.44. The SMILES string of the molecule is CCN(C(=O)COC(=O)c1ccc(-c2cccc(C(F)(F)F)c2)o1)[C@@H]1CCS(=O)(=O)C1. The Bertz CT molecular complexity index is 1080. The standard InChI is InChI=1S/C20H20F3NO6S/c1-2-24(15-8-9-31(27,28)12-15)18(25)11-29-19(26)17-7-6-16(30-17)13-4-3-5-14(10-13)20(21,22)23/h3-7,10,15H,2,8-9,11-12H2,1H3/t15-/m1/s1. The van der Waals surface area contributed by atoms with Crippen LogP contribution in [0.4, 0.5) is 13.2 Å². The molecule has 11 heteroatoms. The average Bonchev–Trinajstić information content (AvgIpc) is 3.33. The van der Waals surface area contributed by atoms with E-state index in [4.69, 9.17) is 9.15 Å². The molecule has 0 aliphatic carbocycles. The number of nitrogens with zero attached hydrogens (tertiary/aromatic N) is 1. The first-order chi connectivity index (χ1) is 14.5. The molecule has 1 saturated heterocycles. The Hall–Kier alpha value is -2.82. The third-order valence-corrected chi connectivity index (χ3v) is 6.67. The highest BCUT2D eigenvalue weighted by Crippen LogP contribution is 2.32. The molecule has 0 bridgehead atoms. The van der Waals surface area contributed by atoms with Crippen LogP contribution in [0.5, 0.6) is 0 Å². The molecule has 1 aliphatic rings. The van der Waals surface area contributed by atoms with Crippen LogP contribution in [0.15, 0.2) is 40.8 Å². The molecule has 1 aliphatic heterocycles. The smallest absolute Gasteiger partial charge is 0.416 e. The molecule has 0 N–H and O–H groups in total. The highest BCUT2D eigenvalue weighted by Gasteiger charge is 2.34. The van der Waals surface area contributed by atoms with Gasteiger partial charge in [-0.2, -0.15) is 13.2 Å². The molecule has 1 amide bonds. The maximum absolute atomic E-state index is 12.9. The number of furan rings is 1. The Balaban J connectivity index is 1.63. The minimum atomic E-state index is -4.52. The zero-order chi connectivity index (χ0) is 22.8. The average molecular weight is 459 g/mol. The lowest BCUT2D eigenvalue weighted by Crippen LogP contribution is -2.43. The third-order valence-electron chi connectivity index (χ3n) is 4.92. The number of sulfone groups is 1. The first-order valence-corrected chi connectivity index (χ1v) is 11.3. The Labute approximate surface area is 176 Å². The Morgan fingerprint density at radius 2 is 1.97 bits per heavy atom. The monoisotopic (exact) mass is 459 g/mol. The molecule has 0 saturated carbocycles. The molecule has 168 valence electrons. The van der Waals surface area contributed by atoms with Gasteiger partial charge in [0.15, 0.2) is 16.4 Å². The highest BCUT2D eigenvalue weighted by molar-refractivity contribution is 7.91. The number of benzene rings is 1. The molecule has 0 unspecified atom stereocenters. The molecule has 31 heavy (non-hydrogen) atoms.